The van der Waals surface area contributed by atoms with E-state index in [-0.39, 0.29) is 10.8 Å². The number of hydrogen-bond donors (Lipinski definition) is 1. The van der Waals surface area contributed by atoms with Crippen molar-refractivity contribution < 1.29 is 13.2 Å². The number of sulfonamides is 1. The number of carbonyl (C=O) groups is 1. The normalized spacial score (nSPS) is 18.5. The zero-order chi connectivity index (χ0) is 22.6. The summed E-state index contributed by atoms with van der Waals surface area (Å²) in [7, 11) is -3.56. The third-order valence-corrected chi connectivity index (χ3v) is 8.46. The van der Waals surface area contributed by atoms with Gasteiger partial charge in [0.25, 0.3) is 5.91 Å². The number of rotatable bonds is 6. The van der Waals surface area contributed by atoms with E-state index in [1.54, 1.807) is 42.6 Å². The molecule has 2 aliphatic rings. The van der Waals surface area contributed by atoms with Crippen LogP contribution in [0.1, 0.15) is 55.8 Å². The van der Waals surface area contributed by atoms with Crippen LogP contribution < -0.4 is 10.2 Å². The van der Waals surface area contributed by atoms with Gasteiger partial charge in [0.2, 0.25) is 10.0 Å². The van der Waals surface area contributed by atoms with Crippen molar-refractivity contribution in [2.75, 3.05) is 36.4 Å². The molecule has 2 aliphatic heterocycles. The molecule has 2 saturated heterocycles. The summed E-state index contributed by atoms with van der Waals surface area (Å²) < 4.78 is 27.5. The van der Waals surface area contributed by atoms with Crippen molar-refractivity contribution in [2.24, 2.45) is 5.92 Å². The summed E-state index contributed by atoms with van der Waals surface area (Å²) >= 11 is 0. The summed E-state index contributed by atoms with van der Waals surface area (Å²) in [4.78, 5) is 20.0. The Morgan fingerprint density at radius 3 is 2.53 bits per heavy atom. The Kier molecular flexibility index (Phi) is 7.10. The summed E-state index contributed by atoms with van der Waals surface area (Å²) in [6.07, 6.45) is 7.93. The van der Waals surface area contributed by atoms with Crippen molar-refractivity contribution in [3.63, 3.8) is 0 Å². The first-order valence-electron chi connectivity index (χ1n) is 11.6. The van der Waals surface area contributed by atoms with E-state index < -0.39 is 10.0 Å². The van der Waals surface area contributed by atoms with E-state index >= 15 is 0 Å². The van der Waals surface area contributed by atoms with Gasteiger partial charge in [0.1, 0.15) is 5.82 Å². The second-order valence-corrected chi connectivity index (χ2v) is 10.6. The number of aromatic nitrogens is 1. The van der Waals surface area contributed by atoms with Crippen LogP contribution in [0.25, 0.3) is 0 Å². The van der Waals surface area contributed by atoms with Gasteiger partial charge in [-0.05, 0) is 61.9 Å². The standard InChI is InChI=1S/C24H32N4O3S/c1-2-19-11-16-27(17-12-19)23-22(10-7-13-25-23)24(29)26-20-8-6-9-21(18-20)32(30,31)28-14-4-3-5-15-28/h6-10,13,18-19H,2-5,11-12,14-17H2,1H3,(H,26,29). The molecule has 8 heteroatoms. The summed E-state index contributed by atoms with van der Waals surface area (Å²) in [5.41, 5.74) is 0.972. The van der Waals surface area contributed by atoms with E-state index in [1.807, 2.05) is 0 Å². The Morgan fingerprint density at radius 2 is 1.81 bits per heavy atom. The van der Waals surface area contributed by atoms with Gasteiger partial charge >= 0.3 is 0 Å². The Balaban J connectivity index is 1.51. The fraction of sp³-hybridized carbons (Fsp3) is 0.500. The number of hydrogen-bond acceptors (Lipinski definition) is 5. The molecule has 3 heterocycles. The van der Waals surface area contributed by atoms with Crippen molar-refractivity contribution in [1.82, 2.24) is 9.29 Å². The number of anilines is 2. The third-order valence-electron chi connectivity index (χ3n) is 6.57. The van der Waals surface area contributed by atoms with Gasteiger partial charge in [-0.2, -0.15) is 4.31 Å². The minimum absolute atomic E-state index is 0.213. The second-order valence-electron chi connectivity index (χ2n) is 8.66. The molecule has 1 N–H and O–H groups in total. The van der Waals surface area contributed by atoms with Crippen LogP contribution in [0, 0.1) is 5.92 Å². The first kappa shape index (κ1) is 22.7. The van der Waals surface area contributed by atoms with Crippen molar-refractivity contribution in [3.8, 4) is 0 Å². The van der Waals surface area contributed by atoms with Crippen molar-refractivity contribution in [3.05, 3.63) is 48.2 Å². The topological polar surface area (TPSA) is 82.6 Å². The Morgan fingerprint density at radius 1 is 1.06 bits per heavy atom. The van der Waals surface area contributed by atoms with Crippen molar-refractivity contribution in [1.29, 1.82) is 0 Å². The fourth-order valence-corrected chi connectivity index (χ4v) is 6.13. The Bertz CT molecular complexity index is 1040. The lowest BCUT2D eigenvalue weighted by atomic mass is 9.94. The summed E-state index contributed by atoms with van der Waals surface area (Å²) in [5, 5.41) is 2.88. The van der Waals surface area contributed by atoms with Crippen LogP contribution in [0.4, 0.5) is 11.5 Å². The molecule has 172 valence electrons. The number of benzene rings is 1. The molecule has 2 fully saturated rings. The third kappa shape index (κ3) is 4.96. The maximum atomic E-state index is 13.1. The van der Waals surface area contributed by atoms with Crippen LogP contribution in [0.2, 0.25) is 0 Å². The lowest BCUT2D eigenvalue weighted by molar-refractivity contribution is 0.102. The molecule has 1 aromatic carbocycles. The van der Waals surface area contributed by atoms with Crippen molar-refractivity contribution in [2.45, 2.75) is 50.3 Å². The van der Waals surface area contributed by atoms with Crippen LogP contribution in [0.15, 0.2) is 47.5 Å². The maximum Gasteiger partial charge on any atom is 0.259 e. The predicted molar refractivity (Wildman–Crippen MR) is 126 cm³/mol. The van der Waals surface area contributed by atoms with E-state index in [0.717, 1.165) is 51.1 Å². The quantitative estimate of drug-likeness (QED) is 0.707. The molecule has 1 amide bonds. The van der Waals surface area contributed by atoms with Crippen LogP contribution in [-0.4, -0.2) is 49.8 Å². The van der Waals surface area contributed by atoms with Crippen LogP contribution in [0.5, 0.6) is 0 Å². The number of carbonyl (C=O) groups excluding carboxylic acids is 1. The van der Waals surface area contributed by atoms with E-state index in [9.17, 15) is 13.2 Å². The molecular weight excluding hydrogens is 424 g/mol. The number of amides is 1. The van der Waals surface area contributed by atoms with Gasteiger partial charge in [-0.25, -0.2) is 13.4 Å². The first-order valence-corrected chi connectivity index (χ1v) is 13.0. The molecule has 7 nitrogen and oxygen atoms in total. The van der Waals surface area contributed by atoms with Gasteiger partial charge in [0.15, 0.2) is 0 Å². The van der Waals surface area contributed by atoms with Gasteiger partial charge in [0, 0.05) is 38.1 Å². The smallest absolute Gasteiger partial charge is 0.259 e. The van der Waals surface area contributed by atoms with Gasteiger partial charge in [-0.1, -0.05) is 25.8 Å². The van der Waals surface area contributed by atoms with Gasteiger partial charge in [-0.3, -0.25) is 4.79 Å². The SMILES string of the molecule is CCC1CCN(c2ncccc2C(=O)Nc2cccc(S(=O)(=O)N3CCCCC3)c2)CC1. The highest BCUT2D eigenvalue weighted by Crippen LogP contribution is 2.27. The average molecular weight is 457 g/mol. The zero-order valence-electron chi connectivity index (χ0n) is 18.7. The molecule has 0 atom stereocenters. The summed E-state index contributed by atoms with van der Waals surface area (Å²) in [6, 6.07) is 10.1. The van der Waals surface area contributed by atoms with E-state index in [1.165, 1.54) is 10.7 Å². The summed E-state index contributed by atoms with van der Waals surface area (Å²) in [5.74, 6) is 1.15. The Hall–Kier alpha value is -2.45. The molecule has 1 aromatic heterocycles. The predicted octanol–water partition coefficient (Wildman–Crippen LogP) is 4.13. The molecule has 0 unspecified atom stereocenters. The molecule has 2 aromatic rings. The fourth-order valence-electron chi connectivity index (χ4n) is 4.57. The van der Waals surface area contributed by atoms with Gasteiger partial charge in [-0.15, -0.1) is 0 Å². The second kappa shape index (κ2) is 10.0. The zero-order valence-corrected chi connectivity index (χ0v) is 19.5. The number of nitrogens with one attached hydrogen (secondary N) is 1. The molecule has 0 spiro atoms. The van der Waals surface area contributed by atoms with Gasteiger partial charge < -0.3 is 10.2 Å². The number of piperidine rings is 2. The molecule has 4 rings (SSSR count). The molecule has 0 saturated carbocycles. The molecule has 0 bridgehead atoms. The van der Waals surface area contributed by atoms with E-state index in [0.29, 0.717) is 30.2 Å². The lowest BCUT2D eigenvalue weighted by Crippen LogP contribution is -2.35. The van der Waals surface area contributed by atoms with E-state index in [4.69, 9.17) is 0 Å². The van der Waals surface area contributed by atoms with Crippen LogP contribution >= 0.6 is 0 Å². The average Bonchev–Trinajstić information content (AvgIpc) is 2.85. The van der Waals surface area contributed by atoms with E-state index in [2.05, 4.69) is 22.1 Å². The highest BCUT2D eigenvalue weighted by Gasteiger charge is 2.27. The highest BCUT2D eigenvalue weighted by molar-refractivity contribution is 7.89. The first-order chi connectivity index (χ1) is 15.5. The number of nitrogens with zero attached hydrogens (tertiary/aromatic N) is 3. The maximum absolute atomic E-state index is 13.1. The van der Waals surface area contributed by atoms with Crippen LogP contribution in [0.3, 0.4) is 0 Å². The monoisotopic (exact) mass is 456 g/mol. The Labute approximate surface area is 190 Å². The molecule has 32 heavy (non-hydrogen) atoms. The molecule has 0 aliphatic carbocycles. The minimum atomic E-state index is -3.56. The molecule has 0 radical (unpaired) electrons. The van der Waals surface area contributed by atoms with Crippen LogP contribution in [-0.2, 0) is 10.0 Å². The number of pyridine rings is 1. The summed E-state index contributed by atoms with van der Waals surface area (Å²) in [6.45, 7) is 5.09. The largest absolute Gasteiger partial charge is 0.356 e. The van der Waals surface area contributed by atoms with Crippen molar-refractivity contribution >= 4 is 27.4 Å². The minimum Gasteiger partial charge on any atom is -0.356 e. The molecular formula is C24H32N4O3S. The lowest BCUT2D eigenvalue weighted by Gasteiger charge is -2.33. The highest BCUT2D eigenvalue weighted by atomic mass is 32.2. The van der Waals surface area contributed by atoms with Gasteiger partial charge in [0.05, 0.1) is 10.5 Å².